The number of rotatable bonds is 8. The maximum absolute atomic E-state index is 12.0. The molecule has 0 aliphatic carbocycles. The topological polar surface area (TPSA) is 98.5 Å². The van der Waals surface area contributed by atoms with Crippen molar-refractivity contribution in [1.82, 2.24) is 0 Å². The molecule has 0 saturated carbocycles. The molecule has 1 aromatic carbocycles. The van der Waals surface area contributed by atoms with E-state index >= 15 is 0 Å². The molecule has 0 radical (unpaired) electrons. The molecule has 2 rings (SSSR count). The average molecular weight is 346 g/mol. The zero-order valence-electron chi connectivity index (χ0n) is 13.2. The summed E-state index contributed by atoms with van der Waals surface area (Å²) in [5, 5.41) is 2.71. The van der Waals surface area contributed by atoms with Crippen LogP contribution in [0.3, 0.4) is 0 Å². The minimum Gasteiger partial charge on any atom is -0.484 e. The van der Waals surface area contributed by atoms with Crippen LogP contribution in [-0.2, 0) is 9.59 Å². The van der Waals surface area contributed by atoms with Crippen molar-refractivity contribution >= 4 is 34.6 Å². The normalized spacial score (nSPS) is 10.2. The van der Waals surface area contributed by atoms with Crippen molar-refractivity contribution in [2.45, 2.75) is 19.8 Å². The lowest BCUT2D eigenvalue weighted by molar-refractivity contribution is -0.120. The number of ketones is 1. The predicted molar refractivity (Wildman–Crippen MR) is 92.4 cm³/mol. The lowest BCUT2D eigenvalue weighted by Crippen LogP contribution is -2.20. The van der Waals surface area contributed by atoms with Crippen LogP contribution < -0.4 is 15.8 Å². The minimum absolute atomic E-state index is 0.0292. The average Bonchev–Trinajstić information content (AvgIpc) is 2.98. The third-order valence-corrected chi connectivity index (χ3v) is 4.16. The van der Waals surface area contributed by atoms with Gasteiger partial charge >= 0.3 is 0 Å². The van der Waals surface area contributed by atoms with Gasteiger partial charge in [0.15, 0.2) is 12.4 Å². The van der Waals surface area contributed by atoms with Gasteiger partial charge in [0, 0.05) is 23.4 Å². The quantitative estimate of drug-likeness (QED) is 0.718. The first-order chi connectivity index (χ1) is 11.4. The van der Waals surface area contributed by atoms with E-state index in [0.29, 0.717) is 16.3 Å². The fourth-order valence-corrected chi connectivity index (χ4v) is 2.78. The highest BCUT2D eigenvalue weighted by Crippen LogP contribution is 2.18. The van der Waals surface area contributed by atoms with Gasteiger partial charge in [-0.2, -0.15) is 0 Å². The molecule has 0 bridgehead atoms. The van der Waals surface area contributed by atoms with Gasteiger partial charge in [0.25, 0.3) is 5.91 Å². The van der Waals surface area contributed by atoms with Crippen LogP contribution in [0, 0.1) is 6.92 Å². The van der Waals surface area contributed by atoms with Crippen LogP contribution in [0.4, 0.5) is 5.69 Å². The third kappa shape index (κ3) is 5.51. The Morgan fingerprint density at radius 2 is 1.79 bits per heavy atom. The molecular weight excluding hydrogens is 328 g/mol. The Balaban J connectivity index is 1.79. The van der Waals surface area contributed by atoms with E-state index in [1.165, 1.54) is 11.3 Å². The number of amides is 2. The van der Waals surface area contributed by atoms with E-state index in [2.05, 4.69) is 5.32 Å². The zero-order chi connectivity index (χ0) is 17.5. The number of Topliss-reactive ketones (excluding diaryl/α,β-unsaturated/α-hetero) is 1. The molecule has 1 heterocycles. The number of thiophene rings is 1. The van der Waals surface area contributed by atoms with E-state index in [4.69, 9.17) is 10.5 Å². The van der Waals surface area contributed by atoms with Gasteiger partial charge in [-0.15, -0.1) is 11.3 Å². The number of hydrogen-bond acceptors (Lipinski definition) is 5. The Labute approximate surface area is 143 Å². The van der Waals surface area contributed by atoms with Crippen LogP contribution in [0.1, 0.15) is 27.4 Å². The van der Waals surface area contributed by atoms with E-state index in [0.717, 1.165) is 4.88 Å². The van der Waals surface area contributed by atoms with Gasteiger partial charge in [-0.25, -0.2) is 0 Å². The standard InChI is InChI=1S/C17H18N2O4S/c1-11-2-8-15(24-11)14(20)7-9-17(22)19-12-3-5-13(6-4-12)23-10-16(18)21/h2-6,8H,7,9-10H2,1H3,(H2,18,21)(H,19,22). The molecule has 3 N–H and O–H groups in total. The molecule has 7 heteroatoms. The smallest absolute Gasteiger partial charge is 0.255 e. The van der Waals surface area contributed by atoms with Crippen LogP contribution >= 0.6 is 11.3 Å². The number of aryl methyl sites for hydroxylation is 1. The van der Waals surface area contributed by atoms with Crippen LogP contribution in [0.5, 0.6) is 5.75 Å². The van der Waals surface area contributed by atoms with Gasteiger partial charge in [0.1, 0.15) is 5.75 Å². The number of primary amides is 1. The monoisotopic (exact) mass is 346 g/mol. The molecular formula is C17H18N2O4S. The van der Waals surface area contributed by atoms with Crippen molar-refractivity contribution in [3.63, 3.8) is 0 Å². The second-order valence-electron chi connectivity index (χ2n) is 5.16. The lowest BCUT2D eigenvalue weighted by atomic mass is 10.2. The van der Waals surface area contributed by atoms with Crippen LogP contribution in [0.25, 0.3) is 0 Å². The Morgan fingerprint density at radius 3 is 2.38 bits per heavy atom. The van der Waals surface area contributed by atoms with E-state index in [-0.39, 0.29) is 31.1 Å². The first-order valence-corrected chi connectivity index (χ1v) is 8.16. The zero-order valence-corrected chi connectivity index (χ0v) is 14.0. The third-order valence-electron chi connectivity index (χ3n) is 3.11. The highest BCUT2D eigenvalue weighted by Gasteiger charge is 2.11. The summed E-state index contributed by atoms with van der Waals surface area (Å²) in [4.78, 5) is 36.2. The Kier molecular flexibility index (Phi) is 6.08. The minimum atomic E-state index is -0.557. The van der Waals surface area contributed by atoms with Gasteiger partial charge in [-0.1, -0.05) is 0 Å². The largest absolute Gasteiger partial charge is 0.484 e. The Morgan fingerprint density at radius 1 is 1.08 bits per heavy atom. The molecule has 0 unspecified atom stereocenters. The molecule has 6 nitrogen and oxygen atoms in total. The summed E-state index contributed by atoms with van der Waals surface area (Å²) >= 11 is 1.43. The highest BCUT2D eigenvalue weighted by atomic mass is 32.1. The number of nitrogens with one attached hydrogen (secondary N) is 1. The van der Waals surface area contributed by atoms with Crippen molar-refractivity contribution in [2.24, 2.45) is 5.73 Å². The van der Waals surface area contributed by atoms with Gasteiger partial charge in [-0.05, 0) is 43.3 Å². The number of carbonyl (C=O) groups excluding carboxylic acids is 3. The molecule has 0 aliphatic heterocycles. The van der Waals surface area contributed by atoms with Crippen molar-refractivity contribution < 1.29 is 19.1 Å². The van der Waals surface area contributed by atoms with Gasteiger partial charge < -0.3 is 15.8 Å². The van der Waals surface area contributed by atoms with Crippen molar-refractivity contribution in [3.8, 4) is 5.75 Å². The fraction of sp³-hybridized carbons (Fsp3) is 0.235. The summed E-state index contributed by atoms with van der Waals surface area (Å²) in [7, 11) is 0. The second-order valence-corrected chi connectivity index (χ2v) is 6.45. The summed E-state index contributed by atoms with van der Waals surface area (Å²) in [5.74, 6) is -0.339. The molecule has 0 fully saturated rings. The Hall–Kier alpha value is -2.67. The summed E-state index contributed by atoms with van der Waals surface area (Å²) in [5.41, 5.74) is 5.58. The summed E-state index contributed by atoms with van der Waals surface area (Å²) in [6, 6.07) is 10.2. The van der Waals surface area contributed by atoms with E-state index in [1.807, 2.05) is 13.0 Å². The van der Waals surface area contributed by atoms with E-state index in [9.17, 15) is 14.4 Å². The summed E-state index contributed by atoms with van der Waals surface area (Å²) < 4.78 is 5.13. The molecule has 126 valence electrons. The summed E-state index contributed by atoms with van der Waals surface area (Å²) in [6.45, 7) is 1.74. The van der Waals surface area contributed by atoms with Gasteiger partial charge in [0.2, 0.25) is 5.91 Å². The molecule has 2 aromatic rings. The molecule has 2 amide bonds. The highest BCUT2D eigenvalue weighted by molar-refractivity contribution is 7.14. The van der Waals surface area contributed by atoms with Crippen molar-refractivity contribution in [3.05, 3.63) is 46.2 Å². The fourth-order valence-electron chi connectivity index (χ4n) is 1.95. The van der Waals surface area contributed by atoms with Gasteiger partial charge in [-0.3, -0.25) is 14.4 Å². The molecule has 1 aromatic heterocycles. The number of benzene rings is 1. The number of anilines is 1. The SMILES string of the molecule is Cc1ccc(C(=O)CCC(=O)Nc2ccc(OCC(N)=O)cc2)s1. The number of nitrogens with two attached hydrogens (primary N) is 1. The Bertz CT molecular complexity index is 737. The van der Waals surface area contributed by atoms with Crippen LogP contribution in [0.15, 0.2) is 36.4 Å². The molecule has 24 heavy (non-hydrogen) atoms. The number of carbonyl (C=O) groups is 3. The molecule has 0 saturated heterocycles. The maximum Gasteiger partial charge on any atom is 0.255 e. The van der Waals surface area contributed by atoms with Crippen molar-refractivity contribution in [2.75, 3.05) is 11.9 Å². The maximum atomic E-state index is 12.0. The molecule has 0 spiro atoms. The van der Waals surface area contributed by atoms with Crippen LogP contribution in [0.2, 0.25) is 0 Å². The second kappa shape index (κ2) is 8.26. The first kappa shape index (κ1) is 17.7. The molecule has 0 aliphatic rings. The molecule has 0 atom stereocenters. The van der Waals surface area contributed by atoms with Crippen LogP contribution in [-0.4, -0.2) is 24.2 Å². The summed E-state index contributed by atoms with van der Waals surface area (Å²) in [6.07, 6.45) is 0.293. The van der Waals surface area contributed by atoms with Crippen molar-refractivity contribution in [1.29, 1.82) is 0 Å². The lowest BCUT2D eigenvalue weighted by Gasteiger charge is -2.07. The number of ether oxygens (including phenoxy) is 1. The first-order valence-electron chi connectivity index (χ1n) is 7.34. The number of hydrogen-bond donors (Lipinski definition) is 2. The predicted octanol–water partition coefficient (Wildman–Crippen LogP) is 2.52. The van der Waals surface area contributed by atoms with E-state index < -0.39 is 5.91 Å². The van der Waals surface area contributed by atoms with E-state index in [1.54, 1.807) is 30.3 Å². The van der Waals surface area contributed by atoms with Gasteiger partial charge in [0.05, 0.1) is 4.88 Å².